The topological polar surface area (TPSA) is 84.7 Å². The molecular weight excluding hydrogens is 180 g/mol. The van der Waals surface area contributed by atoms with E-state index < -0.39 is 0 Å². The summed E-state index contributed by atoms with van der Waals surface area (Å²) in [6.07, 6.45) is 3.04. The summed E-state index contributed by atoms with van der Waals surface area (Å²) >= 11 is 0. The van der Waals surface area contributed by atoms with E-state index in [0.717, 1.165) is 0 Å². The molecule has 0 unspecified atom stereocenters. The predicted molar refractivity (Wildman–Crippen MR) is 52.5 cm³/mol. The third-order valence-corrected chi connectivity index (χ3v) is 1.82. The lowest BCUT2D eigenvalue weighted by Crippen LogP contribution is -2.11. The molecule has 0 saturated heterocycles. The zero-order chi connectivity index (χ0) is 9.97. The lowest BCUT2D eigenvalue weighted by Gasteiger charge is -2.01. The molecule has 5 heteroatoms. The summed E-state index contributed by atoms with van der Waals surface area (Å²) in [6.45, 7) is 0. The van der Waals surface area contributed by atoms with Crippen molar-refractivity contribution in [3.8, 4) is 11.3 Å². The molecule has 2 aromatic heterocycles. The van der Waals surface area contributed by atoms with Crippen LogP contribution in [0.2, 0.25) is 0 Å². The number of hydrogen-bond donors (Lipinski definition) is 2. The lowest BCUT2D eigenvalue weighted by molar-refractivity contribution is 1.03. The van der Waals surface area contributed by atoms with Crippen molar-refractivity contribution in [1.82, 2.24) is 15.2 Å². The molecule has 2 aromatic rings. The minimum atomic E-state index is -0.259. The van der Waals surface area contributed by atoms with E-state index in [1.54, 1.807) is 18.2 Å². The normalized spacial score (nSPS) is 10.0. The summed E-state index contributed by atoms with van der Waals surface area (Å²) in [5.41, 5.74) is 6.64. The number of nitrogens with zero attached hydrogens (tertiary/aromatic N) is 2. The minimum absolute atomic E-state index is 0.259. The van der Waals surface area contributed by atoms with Crippen LogP contribution in [0.15, 0.2) is 35.4 Å². The molecule has 0 aromatic carbocycles. The van der Waals surface area contributed by atoms with Crippen molar-refractivity contribution < 1.29 is 0 Å². The van der Waals surface area contributed by atoms with E-state index in [9.17, 15) is 4.79 Å². The molecule has 0 radical (unpaired) electrons. The molecule has 2 heterocycles. The second-order valence-corrected chi connectivity index (χ2v) is 2.75. The van der Waals surface area contributed by atoms with Gasteiger partial charge in [-0.2, -0.15) is 10.2 Å². The Morgan fingerprint density at radius 1 is 1.36 bits per heavy atom. The van der Waals surface area contributed by atoms with Gasteiger partial charge in [-0.15, -0.1) is 0 Å². The van der Waals surface area contributed by atoms with Crippen LogP contribution in [0.1, 0.15) is 0 Å². The Kier molecular flexibility index (Phi) is 1.98. The van der Waals surface area contributed by atoms with E-state index in [1.807, 2.05) is 0 Å². The van der Waals surface area contributed by atoms with E-state index in [2.05, 4.69) is 15.2 Å². The number of hydrogen-bond acceptors (Lipinski definition) is 4. The van der Waals surface area contributed by atoms with Crippen LogP contribution in [0.25, 0.3) is 11.3 Å². The summed E-state index contributed by atoms with van der Waals surface area (Å²) in [7, 11) is 0. The van der Waals surface area contributed by atoms with Gasteiger partial charge in [0.15, 0.2) is 0 Å². The average molecular weight is 188 g/mol. The molecule has 0 amide bonds. The second-order valence-electron chi connectivity index (χ2n) is 2.75. The van der Waals surface area contributed by atoms with Crippen LogP contribution in [0, 0.1) is 0 Å². The number of nitrogens with one attached hydrogen (secondary N) is 1. The van der Waals surface area contributed by atoms with Gasteiger partial charge in [0.05, 0.1) is 5.56 Å². The van der Waals surface area contributed by atoms with Crippen LogP contribution in [0.3, 0.4) is 0 Å². The molecule has 0 fully saturated rings. The van der Waals surface area contributed by atoms with Crippen molar-refractivity contribution in [3.63, 3.8) is 0 Å². The van der Waals surface area contributed by atoms with Crippen LogP contribution in [-0.4, -0.2) is 15.2 Å². The largest absolute Gasteiger partial charge is 0.398 e. The van der Waals surface area contributed by atoms with Gasteiger partial charge in [0.2, 0.25) is 0 Å². The van der Waals surface area contributed by atoms with Crippen molar-refractivity contribution in [2.45, 2.75) is 0 Å². The summed E-state index contributed by atoms with van der Waals surface area (Å²) < 4.78 is 0. The second kappa shape index (κ2) is 3.29. The van der Waals surface area contributed by atoms with Crippen molar-refractivity contribution >= 4 is 5.69 Å². The number of aromatic amines is 1. The van der Waals surface area contributed by atoms with E-state index in [0.29, 0.717) is 16.9 Å². The van der Waals surface area contributed by atoms with Crippen molar-refractivity contribution in [1.29, 1.82) is 0 Å². The Labute approximate surface area is 79.6 Å². The Bertz CT molecular complexity index is 492. The van der Waals surface area contributed by atoms with Gasteiger partial charge in [-0.05, 0) is 18.2 Å². The molecule has 5 nitrogen and oxygen atoms in total. The number of H-pyrrole nitrogens is 1. The lowest BCUT2D eigenvalue weighted by atomic mass is 10.1. The fourth-order valence-corrected chi connectivity index (χ4v) is 1.19. The van der Waals surface area contributed by atoms with Crippen LogP contribution in [-0.2, 0) is 0 Å². The zero-order valence-corrected chi connectivity index (χ0v) is 7.27. The quantitative estimate of drug-likeness (QED) is 0.679. The van der Waals surface area contributed by atoms with E-state index in [-0.39, 0.29) is 5.56 Å². The molecule has 2 rings (SSSR count). The first kappa shape index (κ1) is 8.43. The Balaban J connectivity index is 2.69. The summed E-state index contributed by atoms with van der Waals surface area (Å²) in [5, 5.41) is 7.51. The monoisotopic (exact) mass is 188 g/mol. The van der Waals surface area contributed by atoms with Gasteiger partial charge in [-0.25, -0.2) is 0 Å². The number of nitrogen functional groups attached to an aromatic ring is 1. The SMILES string of the molecule is Nc1cc[nH]c(=O)c1-c1cccnn1. The number of nitrogens with two attached hydrogens (primary N) is 1. The van der Waals surface area contributed by atoms with Gasteiger partial charge in [0.1, 0.15) is 5.69 Å². The molecule has 0 aliphatic carbocycles. The number of pyridine rings is 1. The zero-order valence-electron chi connectivity index (χ0n) is 7.27. The standard InChI is InChI=1S/C9H8N4O/c10-6-3-5-11-9(14)8(6)7-2-1-4-12-13-7/h1-5H,(H3,10,11,14). The fourth-order valence-electron chi connectivity index (χ4n) is 1.19. The molecule has 0 aliphatic heterocycles. The molecule has 3 N–H and O–H groups in total. The molecule has 14 heavy (non-hydrogen) atoms. The van der Waals surface area contributed by atoms with Gasteiger partial charge in [-0.1, -0.05) is 0 Å². The molecular formula is C9H8N4O. The molecule has 0 bridgehead atoms. The Hall–Kier alpha value is -2.17. The number of anilines is 1. The highest BCUT2D eigenvalue weighted by Crippen LogP contribution is 2.16. The van der Waals surface area contributed by atoms with Gasteiger partial charge in [0.25, 0.3) is 5.56 Å². The predicted octanol–water partition coefficient (Wildman–Crippen LogP) is 0.414. The van der Waals surface area contributed by atoms with Gasteiger partial charge in [0, 0.05) is 18.1 Å². The van der Waals surface area contributed by atoms with Crippen LogP contribution in [0.4, 0.5) is 5.69 Å². The first-order chi connectivity index (χ1) is 6.79. The molecule has 70 valence electrons. The summed E-state index contributed by atoms with van der Waals surface area (Å²) in [4.78, 5) is 14.0. The van der Waals surface area contributed by atoms with Crippen molar-refractivity contribution in [3.05, 3.63) is 40.9 Å². The maximum atomic E-state index is 11.4. The van der Waals surface area contributed by atoms with Crippen LogP contribution >= 0.6 is 0 Å². The van der Waals surface area contributed by atoms with Gasteiger partial charge >= 0.3 is 0 Å². The molecule has 0 spiro atoms. The summed E-state index contributed by atoms with van der Waals surface area (Å²) in [5.74, 6) is 0. The third kappa shape index (κ3) is 1.35. The first-order valence-electron chi connectivity index (χ1n) is 4.04. The Morgan fingerprint density at radius 2 is 2.21 bits per heavy atom. The molecule has 0 saturated carbocycles. The van der Waals surface area contributed by atoms with E-state index in [1.165, 1.54) is 12.4 Å². The van der Waals surface area contributed by atoms with E-state index >= 15 is 0 Å². The van der Waals surface area contributed by atoms with Gasteiger partial charge < -0.3 is 10.7 Å². The first-order valence-corrected chi connectivity index (χ1v) is 4.04. The highest BCUT2D eigenvalue weighted by atomic mass is 16.1. The highest BCUT2D eigenvalue weighted by Gasteiger charge is 2.07. The maximum Gasteiger partial charge on any atom is 0.259 e. The summed E-state index contributed by atoms with van der Waals surface area (Å²) in [6, 6.07) is 5.01. The molecule has 0 aliphatic rings. The maximum absolute atomic E-state index is 11.4. The van der Waals surface area contributed by atoms with E-state index in [4.69, 9.17) is 5.73 Å². The van der Waals surface area contributed by atoms with Crippen molar-refractivity contribution in [2.75, 3.05) is 5.73 Å². The molecule has 0 atom stereocenters. The van der Waals surface area contributed by atoms with Crippen LogP contribution in [0.5, 0.6) is 0 Å². The average Bonchev–Trinajstić information content (AvgIpc) is 2.19. The smallest absolute Gasteiger partial charge is 0.259 e. The number of rotatable bonds is 1. The van der Waals surface area contributed by atoms with Gasteiger partial charge in [-0.3, -0.25) is 4.79 Å². The fraction of sp³-hybridized carbons (Fsp3) is 0. The minimum Gasteiger partial charge on any atom is -0.398 e. The highest BCUT2D eigenvalue weighted by molar-refractivity contribution is 5.71. The third-order valence-electron chi connectivity index (χ3n) is 1.82. The van der Waals surface area contributed by atoms with Crippen molar-refractivity contribution in [2.24, 2.45) is 0 Å². The number of aromatic nitrogens is 3. The van der Waals surface area contributed by atoms with Crippen LogP contribution < -0.4 is 11.3 Å². The Morgan fingerprint density at radius 3 is 2.86 bits per heavy atom.